The Kier molecular flexibility index (Phi) is 15.9. The molecule has 0 bridgehead atoms. The quantitative estimate of drug-likeness (QED) is 0.0428. The number of halogens is 2. The molecule has 0 radical (unpaired) electrons. The van der Waals surface area contributed by atoms with Gasteiger partial charge in [-0.25, -0.2) is 4.79 Å². The Labute approximate surface area is 357 Å². The number of likely N-dealkylation sites (N-methyl/N-ethyl adjacent to an activating group) is 1. The summed E-state index contributed by atoms with van der Waals surface area (Å²) in [5.74, 6) is -0.469. The van der Waals surface area contributed by atoms with Crippen LogP contribution in [0.15, 0.2) is 52.7 Å². The van der Waals surface area contributed by atoms with Gasteiger partial charge < -0.3 is 39.4 Å². The summed E-state index contributed by atoms with van der Waals surface area (Å²) in [6.07, 6.45) is 8.48. The number of carboxylic acids is 1. The van der Waals surface area contributed by atoms with E-state index in [1.807, 2.05) is 94.2 Å². The minimum Gasteiger partial charge on any atom is -0.492 e. The van der Waals surface area contributed by atoms with Crippen molar-refractivity contribution < 1.29 is 28.9 Å². The number of benzene rings is 2. The van der Waals surface area contributed by atoms with Gasteiger partial charge in [0.25, 0.3) is 0 Å². The first kappa shape index (κ1) is 45.5. The summed E-state index contributed by atoms with van der Waals surface area (Å²) >= 11 is 13.7. The molecule has 0 fully saturated rings. The van der Waals surface area contributed by atoms with Gasteiger partial charge in [0, 0.05) is 91.0 Å². The maximum Gasteiger partial charge on any atom is 0.337 e. The fourth-order valence-corrected chi connectivity index (χ4v) is 8.03. The molecule has 3 N–H and O–H groups in total. The third-order valence-corrected chi connectivity index (χ3v) is 11.6. The highest BCUT2D eigenvalue weighted by Crippen LogP contribution is 2.45. The number of carboxylic acid groups (broad SMARTS) is 1. The number of carbonyl (C=O) groups is 2. The Morgan fingerprint density at radius 3 is 2.51 bits per heavy atom. The van der Waals surface area contributed by atoms with Crippen LogP contribution in [-0.2, 0) is 27.9 Å². The van der Waals surface area contributed by atoms with E-state index in [1.54, 1.807) is 13.3 Å². The van der Waals surface area contributed by atoms with Crippen LogP contribution in [0.1, 0.15) is 72.9 Å². The van der Waals surface area contributed by atoms with Crippen LogP contribution in [-0.4, -0.2) is 103 Å². The second kappa shape index (κ2) is 20.6. The zero-order valence-corrected chi connectivity index (χ0v) is 37.2. The van der Waals surface area contributed by atoms with Crippen LogP contribution in [0.5, 0.6) is 5.75 Å². The zero-order chi connectivity index (χ0) is 43.0. The number of ether oxygens (including phenoxy) is 3. The topological polar surface area (TPSA) is 132 Å². The molecule has 12 nitrogen and oxygen atoms in total. The van der Waals surface area contributed by atoms with E-state index in [0.717, 1.165) is 73.0 Å². The lowest BCUT2D eigenvalue weighted by Gasteiger charge is -2.25. The molecule has 2 heterocycles. The Hall–Kier alpha value is -4.59. The van der Waals surface area contributed by atoms with Gasteiger partial charge in [-0.1, -0.05) is 40.9 Å². The number of methoxy groups -OCH3 is 1. The molecular formula is C45H58Cl2N6O6. The Morgan fingerprint density at radius 2 is 1.86 bits per heavy atom. The summed E-state index contributed by atoms with van der Waals surface area (Å²) < 4.78 is 22.0. The third-order valence-electron chi connectivity index (χ3n) is 10.6. The molecule has 1 aliphatic carbocycles. The molecule has 2 aromatic carbocycles. The fraction of sp³-hybridized carbons (Fsp3) is 0.444. The summed E-state index contributed by atoms with van der Waals surface area (Å²) in [4.78, 5) is 26.2. The smallest absolute Gasteiger partial charge is 0.337 e. The molecule has 5 rings (SSSR count). The number of hydrogen-bond acceptors (Lipinski definition) is 8. The Morgan fingerprint density at radius 1 is 1.10 bits per heavy atom. The van der Waals surface area contributed by atoms with Crippen LogP contribution in [0, 0.1) is 13.8 Å². The lowest BCUT2D eigenvalue weighted by atomic mass is 9.91. The first-order valence-electron chi connectivity index (χ1n) is 19.9. The van der Waals surface area contributed by atoms with Crippen molar-refractivity contribution in [1.29, 1.82) is 0 Å². The molecule has 4 aromatic rings. The molecule has 14 heteroatoms. The maximum atomic E-state index is 12.7. The summed E-state index contributed by atoms with van der Waals surface area (Å²) in [6, 6.07) is 7.54. The Balaban J connectivity index is 1.74. The first-order valence-corrected chi connectivity index (χ1v) is 20.7. The van der Waals surface area contributed by atoms with Gasteiger partial charge in [-0.3, -0.25) is 9.48 Å². The lowest BCUT2D eigenvalue weighted by Crippen LogP contribution is -2.30. The number of hydrogen-bond donors (Lipinski definition) is 3. The highest BCUT2D eigenvalue weighted by molar-refractivity contribution is 6.34. The van der Waals surface area contributed by atoms with E-state index in [-0.39, 0.29) is 17.7 Å². The zero-order valence-electron chi connectivity index (χ0n) is 35.7. The molecule has 59 heavy (non-hydrogen) atoms. The van der Waals surface area contributed by atoms with E-state index in [9.17, 15) is 14.7 Å². The second-order valence-corrected chi connectivity index (χ2v) is 16.3. The summed E-state index contributed by atoms with van der Waals surface area (Å²) in [7, 11) is 7.49. The van der Waals surface area contributed by atoms with Crippen molar-refractivity contribution in [2.75, 3.05) is 59.4 Å². The standard InChI is InChI=1S/C45H58Cl2N6O6/c1-27-19-34(20-28(2)42(27)47)58-16-10-11-32(36-12-13-39(46)41(40-30(4)50-52(8)31(40)5)43(36)49-29(3)24-48-26-54)21-33-22-35(59-18-14-51(6)7)23-37-38(45(55)56)25-53(44(33)37)15-17-57-9/h12-13,19,21-23,25-26,29,34,49H,10-11,14-18,20,24H2,1-9H3,(H,48,54)(H,55,56)/b32-21+/t29-,34?/m1/s1. The van der Waals surface area contributed by atoms with Crippen molar-refractivity contribution in [2.24, 2.45) is 7.05 Å². The van der Waals surface area contributed by atoms with E-state index >= 15 is 0 Å². The number of nitrogens with one attached hydrogen (secondary N) is 2. The van der Waals surface area contributed by atoms with Crippen LogP contribution in [0.4, 0.5) is 5.69 Å². The molecule has 1 unspecified atom stereocenters. The number of anilines is 1. The number of allylic oxidation sites excluding steroid dienone is 3. The van der Waals surface area contributed by atoms with Crippen LogP contribution in [0.2, 0.25) is 5.02 Å². The maximum absolute atomic E-state index is 12.7. The minimum absolute atomic E-state index is 0.0823. The molecule has 0 aliphatic heterocycles. The summed E-state index contributed by atoms with van der Waals surface area (Å²) in [5, 5.41) is 23.6. The highest BCUT2D eigenvalue weighted by Gasteiger charge is 2.25. The fourth-order valence-electron chi connectivity index (χ4n) is 7.63. The van der Waals surface area contributed by atoms with Crippen molar-refractivity contribution in [3.8, 4) is 16.9 Å². The van der Waals surface area contributed by atoms with Crippen molar-refractivity contribution in [3.05, 3.63) is 85.8 Å². The molecule has 0 saturated heterocycles. The first-order chi connectivity index (χ1) is 28.1. The summed E-state index contributed by atoms with van der Waals surface area (Å²) in [5.41, 5.74) is 9.97. The average molecular weight is 850 g/mol. The number of carbonyl (C=O) groups excluding carboxylic acids is 1. The van der Waals surface area contributed by atoms with Gasteiger partial charge in [0.05, 0.1) is 40.2 Å². The van der Waals surface area contributed by atoms with Gasteiger partial charge in [0.15, 0.2) is 0 Å². The molecule has 2 atom stereocenters. The molecule has 1 amide bonds. The van der Waals surface area contributed by atoms with E-state index in [1.165, 1.54) is 0 Å². The van der Waals surface area contributed by atoms with Crippen LogP contribution < -0.4 is 15.4 Å². The van der Waals surface area contributed by atoms with Gasteiger partial charge in [0.2, 0.25) is 6.41 Å². The van der Waals surface area contributed by atoms with Crippen LogP contribution in [0.3, 0.4) is 0 Å². The normalized spacial score (nSPS) is 15.2. The largest absolute Gasteiger partial charge is 0.492 e. The third kappa shape index (κ3) is 11.0. The van der Waals surface area contributed by atoms with E-state index in [2.05, 4.69) is 22.8 Å². The van der Waals surface area contributed by atoms with Gasteiger partial charge in [0.1, 0.15) is 12.4 Å². The number of aromatic carboxylic acids is 1. The number of rotatable bonds is 21. The predicted octanol–water partition coefficient (Wildman–Crippen LogP) is 8.71. The minimum atomic E-state index is -1.03. The number of amides is 1. The molecule has 318 valence electrons. The van der Waals surface area contributed by atoms with Gasteiger partial charge in [-0.05, 0) is 103 Å². The van der Waals surface area contributed by atoms with E-state index < -0.39 is 5.97 Å². The van der Waals surface area contributed by atoms with Crippen molar-refractivity contribution in [2.45, 2.75) is 72.6 Å². The second-order valence-electron chi connectivity index (χ2n) is 15.5. The number of aryl methyl sites for hydroxylation is 2. The van der Waals surface area contributed by atoms with E-state index in [4.69, 9.17) is 42.5 Å². The van der Waals surface area contributed by atoms with Gasteiger partial charge in [-0.2, -0.15) is 5.10 Å². The Bertz CT molecular complexity index is 2250. The van der Waals surface area contributed by atoms with Crippen molar-refractivity contribution in [3.63, 3.8) is 0 Å². The molecule has 2 aromatic heterocycles. The number of fused-ring (bicyclic) bond motifs is 1. The average Bonchev–Trinajstić information content (AvgIpc) is 3.68. The van der Waals surface area contributed by atoms with Crippen LogP contribution >= 0.6 is 23.2 Å². The van der Waals surface area contributed by atoms with Crippen molar-refractivity contribution in [1.82, 2.24) is 24.6 Å². The monoisotopic (exact) mass is 848 g/mol. The highest BCUT2D eigenvalue weighted by atomic mass is 35.5. The number of nitrogens with zero attached hydrogens (tertiary/aromatic N) is 4. The van der Waals surface area contributed by atoms with Gasteiger partial charge >= 0.3 is 5.97 Å². The molecule has 0 spiro atoms. The molecule has 0 saturated carbocycles. The predicted molar refractivity (Wildman–Crippen MR) is 239 cm³/mol. The molecule has 1 aliphatic rings. The van der Waals surface area contributed by atoms with E-state index in [0.29, 0.717) is 74.9 Å². The number of aromatic nitrogens is 3. The lowest BCUT2D eigenvalue weighted by molar-refractivity contribution is -0.109. The van der Waals surface area contributed by atoms with Crippen LogP contribution in [0.25, 0.3) is 33.7 Å². The SMILES string of the molecule is COCCn1cc(C(=O)O)c2cc(OCCN(C)C)cc(/C=C(\CCCOC3C=C(C)C(Cl)=C(C)C3)c3ccc(Cl)c(-c4c(C)nn(C)c4C)c3N[C@H](C)CNC=O)c21. The van der Waals surface area contributed by atoms with Crippen molar-refractivity contribution >= 4 is 63.8 Å². The summed E-state index contributed by atoms with van der Waals surface area (Å²) in [6.45, 7) is 12.8. The molecular weight excluding hydrogens is 791 g/mol. The van der Waals surface area contributed by atoms with Gasteiger partial charge in [-0.15, -0.1) is 0 Å².